The first-order valence-corrected chi connectivity index (χ1v) is 6.35. The zero-order valence-electron chi connectivity index (χ0n) is 10.1. The number of fused-ring (bicyclic) bond motifs is 1. The van der Waals surface area contributed by atoms with Gasteiger partial charge in [-0.1, -0.05) is 12.1 Å². The summed E-state index contributed by atoms with van der Waals surface area (Å²) in [5, 5.41) is 8.17. The van der Waals surface area contributed by atoms with Crippen LogP contribution in [0.4, 0.5) is 10.2 Å². The highest BCUT2D eigenvalue weighted by molar-refractivity contribution is 5.92. The van der Waals surface area contributed by atoms with Crippen molar-refractivity contribution in [3.05, 3.63) is 36.3 Å². The van der Waals surface area contributed by atoms with Crippen LogP contribution in [-0.2, 0) is 0 Å². The van der Waals surface area contributed by atoms with E-state index in [9.17, 15) is 4.39 Å². The summed E-state index contributed by atoms with van der Waals surface area (Å²) in [6, 6.07) is 7.34. The molecule has 0 saturated carbocycles. The van der Waals surface area contributed by atoms with E-state index in [4.69, 9.17) is 0 Å². The van der Waals surface area contributed by atoms with Crippen LogP contribution in [0, 0.1) is 5.82 Å². The Morgan fingerprint density at radius 2 is 2.06 bits per heavy atom. The van der Waals surface area contributed by atoms with Gasteiger partial charge in [-0.25, -0.2) is 9.37 Å². The minimum Gasteiger partial charge on any atom is -0.367 e. The largest absolute Gasteiger partial charge is 0.367 e. The summed E-state index contributed by atoms with van der Waals surface area (Å²) < 4.78 is 13.9. The van der Waals surface area contributed by atoms with Crippen LogP contribution in [0.3, 0.4) is 0 Å². The first-order chi connectivity index (χ1) is 8.84. The van der Waals surface area contributed by atoms with Crippen LogP contribution < -0.4 is 10.6 Å². The molecule has 94 valence electrons. The fourth-order valence-corrected chi connectivity index (χ4v) is 2.46. The van der Waals surface area contributed by atoms with Crippen LogP contribution >= 0.6 is 0 Å². The minimum atomic E-state index is -0.211. The Morgan fingerprint density at radius 3 is 2.89 bits per heavy atom. The zero-order valence-corrected chi connectivity index (χ0v) is 10.1. The lowest BCUT2D eigenvalue weighted by Crippen LogP contribution is -2.35. The molecular formula is C14H16FN3. The second-order valence-corrected chi connectivity index (χ2v) is 4.67. The van der Waals surface area contributed by atoms with Gasteiger partial charge in [0.05, 0.1) is 5.39 Å². The molecule has 18 heavy (non-hydrogen) atoms. The summed E-state index contributed by atoms with van der Waals surface area (Å²) in [5.41, 5.74) is 0. The molecule has 2 N–H and O–H groups in total. The minimum absolute atomic E-state index is 0.211. The van der Waals surface area contributed by atoms with Gasteiger partial charge in [0.2, 0.25) is 0 Å². The van der Waals surface area contributed by atoms with Crippen LogP contribution in [0.5, 0.6) is 0 Å². The van der Waals surface area contributed by atoms with Crippen molar-refractivity contribution in [1.29, 1.82) is 0 Å². The maximum atomic E-state index is 13.9. The van der Waals surface area contributed by atoms with Crippen molar-refractivity contribution >= 4 is 16.6 Å². The molecule has 0 aliphatic carbocycles. The number of nitrogens with zero attached hydrogens (tertiary/aromatic N) is 1. The van der Waals surface area contributed by atoms with Crippen LogP contribution in [0.15, 0.2) is 30.5 Å². The number of nitrogens with one attached hydrogen (secondary N) is 2. The molecular weight excluding hydrogens is 229 g/mol. The van der Waals surface area contributed by atoms with Crippen LogP contribution in [0.2, 0.25) is 0 Å². The molecule has 1 saturated heterocycles. The molecule has 1 aromatic heterocycles. The Bertz CT molecular complexity index is 544. The molecule has 1 aromatic carbocycles. The summed E-state index contributed by atoms with van der Waals surface area (Å²) in [7, 11) is 0. The number of hydrogen-bond donors (Lipinski definition) is 2. The normalized spacial score (nSPS) is 16.9. The number of benzene rings is 1. The van der Waals surface area contributed by atoms with Gasteiger partial charge in [0.15, 0.2) is 0 Å². The first kappa shape index (κ1) is 11.4. The smallest absolute Gasteiger partial charge is 0.137 e. The van der Waals surface area contributed by atoms with Gasteiger partial charge in [-0.3, -0.25) is 0 Å². The Labute approximate surface area is 105 Å². The van der Waals surface area contributed by atoms with E-state index in [-0.39, 0.29) is 5.82 Å². The van der Waals surface area contributed by atoms with Crippen LogP contribution in [0.25, 0.3) is 10.8 Å². The third-order valence-electron chi connectivity index (χ3n) is 3.42. The van der Waals surface area contributed by atoms with Crippen molar-refractivity contribution in [3.63, 3.8) is 0 Å². The Hall–Kier alpha value is -1.68. The maximum Gasteiger partial charge on any atom is 0.137 e. The average Bonchev–Trinajstić information content (AvgIpc) is 2.40. The molecule has 3 rings (SSSR count). The van der Waals surface area contributed by atoms with Crippen molar-refractivity contribution in [2.75, 3.05) is 18.4 Å². The lowest BCUT2D eigenvalue weighted by Gasteiger charge is -2.24. The van der Waals surface area contributed by atoms with E-state index < -0.39 is 0 Å². The van der Waals surface area contributed by atoms with E-state index in [0.29, 0.717) is 17.2 Å². The number of rotatable bonds is 2. The average molecular weight is 245 g/mol. The SMILES string of the molecule is Fc1cccc2ccnc(NC3CCNCC3)c12. The molecule has 3 nitrogen and oxygen atoms in total. The number of piperidine rings is 1. The molecule has 4 heteroatoms. The molecule has 1 aliphatic rings. The molecule has 0 spiro atoms. The van der Waals surface area contributed by atoms with E-state index in [0.717, 1.165) is 31.3 Å². The Morgan fingerprint density at radius 1 is 1.22 bits per heavy atom. The molecule has 0 bridgehead atoms. The molecule has 1 fully saturated rings. The molecule has 0 radical (unpaired) electrons. The monoisotopic (exact) mass is 245 g/mol. The third-order valence-corrected chi connectivity index (χ3v) is 3.42. The van der Waals surface area contributed by atoms with Gasteiger partial charge in [0.25, 0.3) is 0 Å². The molecule has 0 unspecified atom stereocenters. The summed E-state index contributed by atoms with van der Waals surface area (Å²) >= 11 is 0. The molecule has 1 aliphatic heterocycles. The summed E-state index contributed by atoms with van der Waals surface area (Å²) in [6.45, 7) is 2.01. The summed E-state index contributed by atoms with van der Waals surface area (Å²) in [4.78, 5) is 4.29. The lowest BCUT2D eigenvalue weighted by molar-refractivity contribution is 0.478. The highest BCUT2D eigenvalue weighted by Crippen LogP contribution is 2.25. The number of aromatic nitrogens is 1. The molecule has 2 aromatic rings. The van der Waals surface area contributed by atoms with Gasteiger partial charge in [0, 0.05) is 12.2 Å². The van der Waals surface area contributed by atoms with Gasteiger partial charge in [-0.15, -0.1) is 0 Å². The molecule has 0 amide bonds. The highest BCUT2D eigenvalue weighted by Gasteiger charge is 2.15. The quantitative estimate of drug-likeness (QED) is 0.853. The van der Waals surface area contributed by atoms with Gasteiger partial charge in [-0.2, -0.15) is 0 Å². The van der Waals surface area contributed by atoms with Crippen molar-refractivity contribution in [3.8, 4) is 0 Å². The Balaban J connectivity index is 1.95. The Kier molecular flexibility index (Phi) is 3.11. The van der Waals surface area contributed by atoms with Crippen molar-refractivity contribution < 1.29 is 4.39 Å². The molecule has 0 atom stereocenters. The number of halogens is 1. The fourth-order valence-electron chi connectivity index (χ4n) is 2.46. The summed E-state index contributed by atoms with van der Waals surface area (Å²) in [6.07, 6.45) is 3.82. The first-order valence-electron chi connectivity index (χ1n) is 6.35. The van der Waals surface area contributed by atoms with Crippen LogP contribution in [0.1, 0.15) is 12.8 Å². The van der Waals surface area contributed by atoms with E-state index in [2.05, 4.69) is 15.6 Å². The second-order valence-electron chi connectivity index (χ2n) is 4.67. The fraction of sp³-hybridized carbons (Fsp3) is 0.357. The van der Waals surface area contributed by atoms with Crippen molar-refractivity contribution in [2.45, 2.75) is 18.9 Å². The number of anilines is 1. The third kappa shape index (κ3) is 2.16. The number of hydrogen-bond acceptors (Lipinski definition) is 3. The standard InChI is InChI=1S/C14H16FN3/c15-12-3-1-2-10-4-9-17-14(13(10)12)18-11-5-7-16-8-6-11/h1-4,9,11,16H,5-8H2,(H,17,18). The van der Waals surface area contributed by atoms with Crippen molar-refractivity contribution in [2.24, 2.45) is 0 Å². The predicted octanol–water partition coefficient (Wildman–Crippen LogP) is 2.54. The van der Waals surface area contributed by atoms with E-state index in [1.165, 1.54) is 6.07 Å². The van der Waals surface area contributed by atoms with E-state index in [1.807, 2.05) is 12.1 Å². The van der Waals surface area contributed by atoms with Gasteiger partial charge < -0.3 is 10.6 Å². The maximum absolute atomic E-state index is 13.9. The van der Waals surface area contributed by atoms with Gasteiger partial charge in [-0.05, 0) is 43.5 Å². The second kappa shape index (κ2) is 4.90. The van der Waals surface area contributed by atoms with Crippen molar-refractivity contribution in [1.82, 2.24) is 10.3 Å². The van der Waals surface area contributed by atoms with Gasteiger partial charge >= 0.3 is 0 Å². The zero-order chi connectivity index (χ0) is 12.4. The molecule has 2 heterocycles. The number of pyridine rings is 1. The van der Waals surface area contributed by atoms with Crippen LogP contribution in [-0.4, -0.2) is 24.1 Å². The van der Waals surface area contributed by atoms with Gasteiger partial charge in [0.1, 0.15) is 11.6 Å². The summed E-state index contributed by atoms with van der Waals surface area (Å²) in [5.74, 6) is 0.453. The predicted molar refractivity (Wildman–Crippen MR) is 71.2 cm³/mol. The lowest BCUT2D eigenvalue weighted by atomic mass is 10.1. The van der Waals surface area contributed by atoms with E-state index >= 15 is 0 Å². The highest BCUT2D eigenvalue weighted by atomic mass is 19.1. The topological polar surface area (TPSA) is 37.0 Å². The van der Waals surface area contributed by atoms with E-state index in [1.54, 1.807) is 12.3 Å².